The number of methoxy groups -OCH3 is 2. The minimum absolute atomic E-state index is 0.809. The fraction of sp³-hybridized carbons (Fsp3) is 0.348. The number of aromatic nitrogens is 1. The lowest BCUT2D eigenvalue weighted by atomic mass is 10.1. The molecule has 6 heteroatoms. The van der Waals surface area contributed by atoms with Crippen molar-refractivity contribution in [1.29, 1.82) is 0 Å². The largest absolute Gasteiger partial charge is 0.497 e. The highest BCUT2D eigenvalue weighted by Gasteiger charge is 2.16. The van der Waals surface area contributed by atoms with Crippen molar-refractivity contribution >= 4 is 28.0 Å². The van der Waals surface area contributed by atoms with Gasteiger partial charge in [0.2, 0.25) is 0 Å². The zero-order valence-corrected chi connectivity index (χ0v) is 17.5. The number of hydrogen-bond donors (Lipinski definition) is 1. The molecule has 2 heterocycles. The molecular weight excluding hydrogens is 364 g/mol. The number of fused-ring (bicyclic) bond motifs is 1. The maximum absolute atomic E-state index is 5.72. The van der Waals surface area contributed by atoms with Crippen molar-refractivity contribution in [2.45, 2.75) is 6.92 Å². The fourth-order valence-electron chi connectivity index (χ4n) is 3.76. The van der Waals surface area contributed by atoms with Crippen LogP contribution in [0.25, 0.3) is 10.9 Å². The standard InChI is InChI=1S/C23H28N4O2/c1-16-13-22(19-15-18(28-3)6-8-20(19)24-16)25-21-7-5-17(14-23(21)29-4)27-11-9-26(2)10-12-27/h5-8,13-15H,9-12H2,1-4H3,(H,24,25). The van der Waals surface area contributed by atoms with Gasteiger partial charge in [0.15, 0.2) is 0 Å². The molecule has 3 aromatic rings. The number of benzene rings is 2. The van der Waals surface area contributed by atoms with Gasteiger partial charge >= 0.3 is 0 Å². The van der Waals surface area contributed by atoms with Gasteiger partial charge in [0.1, 0.15) is 11.5 Å². The third-order valence-corrected chi connectivity index (χ3v) is 5.47. The first-order valence-corrected chi connectivity index (χ1v) is 9.91. The SMILES string of the molecule is COc1ccc2nc(C)cc(Nc3ccc(N4CCN(C)CC4)cc3OC)c2c1. The second-order valence-corrected chi connectivity index (χ2v) is 7.49. The Morgan fingerprint density at radius 3 is 2.41 bits per heavy atom. The third kappa shape index (κ3) is 4.07. The first kappa shape index (κ1) is 19.3. The van der Waals surface area contributed by atoms with Gasteiger partial charge in [-0.3, -0.25) is 4.98 Å². The molecule has 6 nitrogen and oxygen atoms in total. The van der Waals surface area contributed by atoms with Gasteiger partial charge in [0, 0.05) is 54.7 Å². The highest BCUT2D eigenvalue weighted by molar-refractivity contribution is 5.94. The highest BCUT2D eigenvalue weighted by Crippen LogP contribution is 2.35. The lowest BCUT2D eigenvalue weighted by Crippen LogP contribution is -2.44. The van der Waals surface area contributed by atoms with Crippen molar-refractivity contribution in [3.05, 3.63) is 48.2 Å². The van der Waals surface area contributed by atoms with Crippen molar-refractivity contribution < 1.29 is 9.47 Å². The maximum atomic E-state index is 5.72. The zero-order valence-electron chi connectivity index (χ0n) is 17.5. The van der Waals surface area contributed by atoms with Crippen LogP contribution >= 0.6 is 0 Å². The molecule has 0 radical (unpaired) electrons. The van der Waals surface area contributed by atoms with E-state index in [4.69, 9.17) is 9.47 Å². The number of aryl methyl sites for hydroxylation is 1. The molecule has 1 fully saturated rings. The smallest absolute Gasteiger partial charge is 0.144 e. The van der Waals surface area contributed by atoms with E-state index in [-0.39, 0.29) is 0 Å². The number of piperazine rings is 1. The van der Waals surface area contributed by atoms with Gasteiger partial charge in [-0.05, 0) is 50.4 Å². The summed E-state index contributed by atoms with van der Waals surface area (Å²) < 4.78 is 11.1. The van der Waals surface area contributed by atoms with Crippen LogP contribution in [-0.2, 0) is 0 Å². The molecule has 0 amide bonds. The van der Waals surface area contributed by atoms with Crippen molar-refractivity contribution in [3.63, 3.8) is 0 Å². The van der Waals surface area contributed by atoms with Crippen LogP contribution in [0, 0.1) is 6.92 Å². The van der Waals surface area contributed by atoms with E-state index in [9.17, 15) is 0 Å². The molecule has 152 valence electrons. The molecule has 1 aromatic heterocycles. The van der Waals surface area contributed by atoms with Crippen LogP contribution < -0.4 is 19.7 Å². The summed E-state index contributed by atoms with van der Waals surface area (Å²) in [6.45, 7) is 6.21. The Bertz CT molecular complexity index is 1010. The summed E-state index contributed by atoms with van der Waals surface area (Å²) in [6.07, 6.45) is 0. The van der Waals surface area contributed by atoms with Crippen LogP contribution in [0.4, 0.5) is 17.1 Å². The van der Waals surface area contributed by atoms with Crippen molar-refractivity contribution in [2.75, 3.05) is 57.7 Å². The Kier molecular flexibility index (Phi) is 5.45. The molecule has 0 saturated carbocycles. The van der Waals surface area contributed by atoms with E-state index >= 15 is 0 Å². The van der Waals surface area contributed by atoms with Crippen LogP contribution in [-0.4, -0.2) is 57.3 Å². The highest BCUT2D eigenvalue weighted by atomic mass is 16.5. The van der Waals surface area contributed by atoms with E-state index in [0.29, 0.717) is 0 Å². The quantitative estimate of drug-likeness (QED) is 0.707. The van der Waals surface area contributed by atoms with Gasteiger partial charge < -0.3 is 24.6 Å². The molecule has 29 heavy (non-hydrogen) atoms. The number of anilines is 3. The summed E-state index contributed by atoms with van der Waals surface area (Å²) in [5.74, 6) is 1.63. The lowest BCUT2D eigenvalue weighted by Gasteiger charge is -2.34. The number of pyridine rings is 1. The number of nitrogens with one attached hydrogen (secondary N) is 1. The maximum Gasteiger partial charge on any atom is 0.144 e. The molecule has 0 aliphatic carbocycles. The van der Waals surface area contributed by atoms with E-state index in [2.05, 4.69) is 51.4 Å². The minimum atomic E-state index is 0.809. The first-order chi connectivity index (χ1) is 14.1. The molecule has 4 rings (SSSR count). The predicted molar refractivity (Wildman–Crippen MR) is 119 cm³/mol. The monoisotopic (exact) mass is 392 g/mol. The summed E-state index contributed by atoms with van der Waals surface area (Å²) >= 11 is 0. The normalized spacial score (nSPS) is 14.8. The first-order valence-electron chi connectivity index (χ1n) is 9.91. The minimum Gasteiger partial charge on any atom is -0.497 e. The number of nitrogens with zero attached hydrogens (tertiary/aromatic N) is 3. The molecule has 1 aliphatic heterocycles. The molecule has 0 bridgehead atoms. The molecule has 0 unspecified atom stereocenters. The van der Waals surface area contributed by atoms with Crippen LogP contribution in [0.3, 0.4) is 0 Å². The van der Waals surface area contributed by atoms with Crippen LogP contribution in [0.1, 0.15) is 5.69 Å². The fourth-order valence-corrected chi connectivity index (χ4v) is 3.76. The van der Waals surface area contributed by atoms with Crippen molar-refractivity contribution in [1.82, 2.24) is 9.88 Å². The van der Waals surface area contributed by atoms with Crippen molar-refractivity contribution in [3.8, 4) is 11.5 Å². The zero-order chi connectivity index (χ0) is 20.4. The van der Waals surface area contributed by atoms with Crippen LogP contribution in [0.2, 0.25) is 0 Å². The topological polar surface area (TPSA) is 49.9 Å². The van der Waals surface area contributed by atoms with Gasteiger partial charge in [0.05, 0.1) is 25.4 Å². The molecule has 2 aromatic carbocycles. The average molecular weight is 393 g/mol. The van der Waals surface area contributed by atoms with Gasteiger partial charge in [-0.2, -0.15) is 0 Å². The Balaban J connectivity index is 1.67. The molecule has 1 aliphatic rings. The summed E-state index contributed by atoms with van der Waals surface area (Å²) in [4.78, 5) is 9.40. The second-order valence-electron chi connectivity index (χ2n) is 7.49. The summed E-state index contributed by atoms with van der Waals surface area (Å²) in [5.41, 5.74) is 4.99. The number of rotatable bonds is 5. The van der Waals surface area contributed by atoms with E-state index in [1.165, 1.54) is 5.69 Å². The Labute approximate surface area is 172 Å². The lowest BCUT2D eigenvalue weighted by molar-refractivity contribution is 0.312. The van der Waals surface area contributed by atoms with Gasteiger partial charge in [-0.25, -0.2) is 0 Å². The Morgan fingerprint density at radius 1 is 0.897 bits per heavy atom. The third-order valence-electron chi connectivity index (χ3n) is 5.47. The molecule has 1 N–H and O–H groups in total. The molecule has 0 spiro atoms. The summed E-state index contributed by atoms with van der Waals surface area (Å²) in [6, 6.07) is 14.3. The number of hydrogen-bond acceptors (Lipinski definition) is 6. The summed E-state index contributed by atoms with van der Waals surface area (Å²) in [5, 5.41) is 4.56. The molecule has 0 atom stereocenters. The number of ether oxygens (including phenoxy) is 2. The van der Waals surface area contributed by atoms with Gasteiger partial charge in [-0.15, -0.1) is 0 Å². The molecule has 1 saturated heterocycles. The Morgan fingerprint density at radius 2 is 1.69 bits per heavy atom. The van der Waals surface area contributed by atoms with E-state index in [1.54, 1.807) is 14.2 Å². The van der Waals surface area contributed by atoms with Gasteiger partial charge in [-0.1, -0.05) is 0 Å². The second kappa shape index (κ2) is 8.17. The van der Waals surface area contributed by atoms with Gasteiger partial charge in [0.25, 0.3) is 0 Å². The average Bonchev–Trinajstić information content (AvgIpc) is 2.74. The van der Waals surface area contributed by atoms with E-state index in [0.717, 1.165) is 65.6 Å². The van der Waals surface area contributed by atoms with E-state index < -0.39 is 0 Å². The predicted octanol–water partition coefficient (Wildman–Crippen LogP) is 4.06. The van der Waals surface area contributed by atoms with Crippen LogP contribution in [0.15, 0.2) is 42.5 Å². The van der Waals surface area contributed by atoms with Crippen LogP contribution in [0.5, 0.6) is 11.5 Å². The number of likely N-dealkylation sites (N-methyl/N-ethyl adjacent to an activating group) is 1. The Hall–Kier alpha value is -2.99. The van der Waals surface area contributed by atoms with E-state index in [1.807, 2.05) is 25.1 Å². The molecular formula is C23H28N4O2. The van der Waals surface area contributed by atoms with Crippen molar-refractivity contribution in [2.24, 2.45) is 0 Å². The summed E-state index contributed by atoms with van der Waals surface area (Å²) in [7, 11) is 5.56.